The number of aryl methyl sites for hydroxylation is 1. The molecule has 21 heavy (non-hydrogen) atoms. The van der Waals surface area contributed by atoms with Crippen molar-refractivity contribution >= 4 is 17.5 Å². The average molecular weight is 282 g/mol. The molecule has 0 N–H and O–H groups in total. The van der Waals surface area contributed by atoms with Crippen LogP contribution in [0.5, 0.6) is 0 Å². The second-order valence-electron chi connectivity index (χ2n) is 5.24. The Hall–Kier alpha value is -2.43. The lowest BCUT2D eigenvalue weighted by molar-refractivity contribution is -0.118. The topological polar surface area (TPSA) is 49.3 Å². The predicted octanol–water partition coefficient (Wildman–Crippen LogP) is 2.03. The molecule has 1 fully saturated rings. The molecular weight excluding hydrogens is 264 g/mol. The molecule has 1 aliphatic heterocycles. The largest absolute Gasteiger partial charge is 0.332 e. The summed E-state index contributed by atoms with van der Waals surface area (Å²) < 4.78 is 0. The minimum absolute atomic E-state index is 0.105. The maximum atomic E-state index is 12.6. The normalized spacial score (nSPS) is 18.1. The lowest BCUT2D eigenvalue weighted by Gasteiger charge is -2.24. The molecule has 1 aromatic carbocycles. The van der Waals surface area contributed by atoms with Crippen LogP contribution in [0, 0.1) is 6.92 Å². The molecule has 1 saturated heterocycles. The van der Waals surface area contributed by atoms with Crippen LogP contribution < -0.4 is 9.80 Å². The van der Waals surface area contributed by atoms with E-state index < -0.39 is 0 Å². The highest BCUT2D eigenvalue weighted by molar-refractivity contribution is 6.01. The van der Waals surface area contributed by atoms with E-state index in [0.29, 0.717) is 5.95 Å². The Bertz CT molecular complexity index is 644. The number of anilines is 2. The molecule has 1 aliphatic rings. The van der Waals surface area contributed by atoms with Crippen LogP contribution in [0.4, 0.5) is 11.6 Å². The van der Waals surface area contributed by atoms with Crippen molar-refractivity contribution in [3.05, 3.63) is 48.3 Å². The quantitative estimate of drug-likeness (QED) is 0.864. The smallest absolute Gasteiger partial charge is 0.249 e. The van der Waals surface area contributed by atoms with Crippen LogP contribution >= 0.6 is 0 Å². The Morgan fingerprint density at radius 3 is 2.71 bits per heavy atom. The number of carbonyl (C=O) groups excluding carboxylic acids is 1. The molecule has 1 amide bonds. The zero-order valence-corrected chi connectivity index (χ0v) is 12.2. The summed E-state index contributed by atoms with van der Waals surface area (Å²) in [4.78, 5) is 25.0. The van der Waals surface area contributed by atoms with Gasteiger partial charge in [-0.25, -0.2) is 9.97 Å². The summed E-state index contributed by atoms with van der Waals surface area (Å²) in [5.74, 6) is 0.706. The first-order chi connectivity index (χ1) is 10.2. The minimum atomic E-state index is -0.202. The van der Waals surface area contributed by atoms with Crippen LogP contribution in [-0.2, 0) is 4.79 Å². The summed E-state index contributed by atoms with van der Waals surface area (Å²) in [6, 6.07) is 11.4. The highest BCUT2D eigenvalue weighted by Gasteiger charge is 2.36. The zero-order valence-electron chi connectivity index (χ0n) is 12.2. The summed E-state index contributed by atoms with van der Waals surface area (Å²) in [7, 11) is 1.88. The molecule has 2 heterocycles. The fourth-order valence-electron chi connectivity index (χ4n) is 2.63. The van der Waals surface area contributed by atoms with Gasteiger partial charge in [0.1, 0.15) is 6.04 Å². The number of hydrogen-bond donors (Lipinski definition) is 0. The van der Waals surface area contributed by atoms with Crippen molar-refractivity contribution in [1.82, 2.24) is 9.97 Å². The molecular formula is C16H18N4O. The SMILES string of the molecule is Cc1ccnc(N(C)[C@H]2CCN(c3ccccc3)C2=O)n1. The Labute approximate surface area is 124 Å². The van der Waals surface area contributed by atoms with Gasteiger partial charge in [0.2, 0.25) is 11.9 Å². The van der Waals surface area contributed by atoms with Crippen molar-refractivity contribution in [3.63, 3.8) is 0 Å². The van der Waals surface area contributed by atoms with Crippen LogP contribution in [-0.4, -0.2) is 35.5 Å². The third-order valence-corrected chi connectivity index (χ3v) is 3.81. The number of carbonyl (C=O) groups is 1. The van der Waals surface area contributed by atoms with E-state index in [9.17, 15) is 4.79 Å². The molecule has 108 valence electrons. The van der Waals surface area contributed by atoms with Crippen LogP contribution in [0.2, 0.25) is 0 Å². The molecule has 0 bridgehead atoms. The number of likely N-dealkylation sites (N-methyl/N-ethyl adjacent to an activating group) is 1. The minimum Gasteiger partial charge on any atom is -0.332 e. The van der Waals surface area contributed by atoms with E-state index in [0.717, 1.165) is 24.3 Å². The Balaban J connectivity index is 1.80. The van der Waals surface area contributed by atoms with Crippen molar-refractivity contribution < 1.29 is 4.79 Å². The van der Waals surface area contributed by atoms with Gasteiger partial charge in [-0.1, -0.05) is 18.2 Å². The number of amides is 1. The van der Waals surface area contributed by atoms with Crippen molar-refractivity contribution in [3.8, 4) is 0 Å². The third kappa shape index (κ3) is 2.59. The van der Waals surface area contributed by atoms with Gasteiger partial charge < -0.3 is 9.80 Å². The molecule has 2 aromatic rings. The maximum absolute atomic E-state index is 12.6. The van der Waals surface area contributed by atoms with Crippen LogP contribution in [0.25, 0.3) is 0 Å². The van der Waals surface area contributed by atoms with E-state index in [1.165, 1.54) is 0 Å². The number of hydrogen-bond acceptors (Lipinski definition) is 4. The van der Waals surface area contributed by atoms with E-state index in [4.69, 9.17) is 0 Å². The maximum Gasteiger partial charge on any atom is 0.249 e. The van der Waals surface area contributed by atoms with Crippen molar-refractivity contribution in [2.45, 2.75) is 19.4 Å². The van der Waals surface area contributed by atoms with Gasteiger partial charge in [0.05, 0.1) is 0 Å². The van der Waals surface area contributed by atoms with E-state index >= 15 is 0 Å². The van der Waals surface area contributed by atoms with E-state index in [-0.39, 0.29) is 11.9 Å². The van der Waals surface area contributed by atoms with Gasteiger partial charge in [-0.05, 0) is 31.5 Å². The number of benzene rings is 1. The van der Waals surface area contributed by atoms with Gasteiger partial charge in [0, 0.05) is 31.2 Å². The third-order valence-electron chi connectivity index (χ3n) is 3.81. The molecule has 5 nitrogen and oxygen atoms in total. The van der Waals surface area contributed by atoms with Crippen molar-refractivity contribution in [1.29, 1.82) is 0 Å². The average Bonchev–Trinajstić information content (AvgIpc) is 2.89. The standard InChI is InChI=1S/C16H18N4O/c1-12-8-10-17-16(18-12)19(2)14-9-11-20(15(14)21)13-6-4-3-5-7-13/h3-8,10,14H,9,11H2,1-2H3/t14-/m0/s1. The van der Waals surface area contributed by atoms with Crippen LogP contribution in [0.3, 0.4) is 0 Å². The zero-order chi connectivity index (χ0) is 14.8. The Morgan fingerprint density at radius 2 is 2.00 bits per heavy atom. The molecule has 0 spiro atoms. The van der Waals surface area contributed by atoms with Gasteiger partial charge >= 0.3 is 0 Å². The van der Waals surface area contributed by atoms with E-state index in [1.807, 2.05) is 60.2 Å². The first kappa shape index (κ1) is 13.5. The first-order valence-electron chi connectivity index (χ1n) is 7.06. The molecule has 3 rings (SSSR count). The molecule has 0 aliphatic carbocycles. The second-order valence-corrected chi connectivity index (χ2v) is 5.24. The fraction of sp³-hybridized carbons (Fsp3) is 0.312. The highest BCUT2D eigenvalue weighted by atomic mass is 16.2. The van der Waals surface area contributed by atoms with Gasteiger partial charge in [-0.15, -0.1) is 0 Å². The number of nitrogens with zero attached hydrogens (tertiary/aromatic N) is 4. The molecule has 0 saturated carbocycles. The highest BCUT2D eigenvalue weighted by Crippen LogP contribution is 2.25. The molecule has 1 aromatic heterocycles. The van der Waals surface area contributed by atoms with Crippen LogP contribution in [0.1, 0.15) is 12.1 Å². The lowest BCUT2D eigenvalue weighted by atomic mass is 10.2. The van der Waals surface area contributed by atoms with E-state index in [2.05, 4.69) is 9.97 Å². The number of para-hydroxylation sites is 1. The van der Waals surface area contributed by atoms with E-state index in [1.54, 1.807) is 6.20 Å². The molecule has 0 unspecified atom stereocenters. The van der Waals surface area contributed by atoms with Gasteiger partial charge in [-0.3, -0.25) is 4.79 Å². The number of rotatable bonds is 3. The lowest BCUT2D eigenvalue weighted by Crippen LogP contribution is -2.40. The van der Waals surface area contributed by atoms with Crippen molar-refractivity contribution in [2.24, 2.45) is 0 Å². The molecule has 1 atom stereocenters. The summed E-state index contributed by atoms with van der Waals surface area (Å²) in [6.45, 7) is 2.65. The first-order valence-corrected chi connectivity index (χ1v) is 7.06. The van der Waals surface area contributed by atoms with Gasteiger partial charge in [-0.2, -0.15) is 0 Å². The predicted molar refractivity (Wildman–Crippen MR) is 82.4 cm³/mol. The summed E-state index contributed by atoms with van der Waals surface area (Å²) in [5.41, 5.74) is 1.85. The summed E-state index contributed by atoms with van der Waals surface area (Å²) >= 11 is 0. The summed E-state index contributed by atoms with van der Waals surface area (Å²) in [6.07, 6.45) is 2.50. The Morgan fingerprint density at radius 1 is 1.24 bits per heavy atom. The fourth-order valence-corrected chi connectivity index (χ4v) is 2.63. The molecule has 5 heteroatoms. The molecule has 0 radical (unpaired) electrons. The second kappa shape index (κ2) is 5.52. The number of aromatic nitrogens is 2. The monoisotopic (exact) mass is 282 g/mol. The summed E-state index contributed by atoms with van der Waals surface area (Å²) in [5, 5.41) is 0. The van der Waals surface area contributed by atoms with Gasteiger partial charge in [0.25, 0.3) is 0 Å². The Kier molecular flexibility index (Phi) is 3.56. The van der Waals surface area contributed by atoms with Gasteiger partial charge in [0.15, 0.2) is 0 Å². The van der Waals surface area contributed by atoms with Crippen molar-refractivity contribution in [2.75, 3.05) is 23.4 Å². The van der Waals surface area contributed by atoms with Crippen LogP contribution in [0.15, 0.2) is 42.6 Å².